The van der Waals surface area contributed by atoms with Crippen molar-refractivity contribution in [1.29, 1.82) is 0 Å². The smallest absolute Gasteiger partial charge is 0.322 e. The van der Waals surface area contributed by atoms with Crippen molar-refractivity contribution in [3.63, 3.8) is 0 Å². The predicted octanol–water partition coefficient (Wildman–Crippen LogP) is 2.00. The minimum Gasteiger partial charge on any atom is -0.497 e. The van der Waals surface area contributed by atoms with E-state index in [1.165, 1.54) is 17.1 Å². The highest BCUT2D eigenvalue weighted by molar-refractivity contribution is 6.01. The van der Waals surface area contributed by atoms with Crippen LogP contribution in [-0.4, -0.2) is 55.8 Å². The molecule has 8 heteroatoms. The molecule has 0 bridgehead atoms. The molecule has 3 amide bonds. The van der Waals surface area contributed by atoms with Crippen LogP contribution in [0.2, 0.25) is 0 Å². The van der Waals surface area contributed by atoms with Crippen molar-refractivity contribution in [3.8, 4) is 11.5 Å². The number of amides is 3. The van der Waals surface area contributed by atoms with E-state index in [-0.39, 0.29) is 18.5 Å². The molecule has 0 saturated heterocycles. The quantitative estimate of drug-likeness (QED) is 0.740. The molecule has 0 spiro atoms. The summed E-state index contributed by atoms with van der Waals surface area (Å²) in [5.74, 6) is 0.867. The zero-order valence-electron chi connectivity index (χ0n) is 15.7. The van der Waals surface area contributed by atoms with E-state index in [4.69, 9.17) is 14.3 Å². The summed E-state index contributed by atoms with van der Waals surface area (Å²) in [4.78, 5) is 32.7. The minimum atomic E-state index is -0.670. The Labute approximate surface area is 157 Å². The summed E-state index contributed by atoms with van der Waals surface area (Å²) in [5.41, 5.74) is 1.70. The van der Waals surface area contributed by atoms with Crippen molar-refractivity contribution in [3.05, 3.63) is 47.7 Å². The molecule has 27 heavy (non-hydrogen) atoms. The predicted molar refractivity (Wildman–Crippen MR) is 98.1 cm³/mol. The normalized spacial score (nSPS) is 19.1. The van der Waals surface area contributed by atoms with E-state index >= 15 is 0 Å². The molecule has 2 heterocycles. The van der Waals surface area contributed by atoms with Gasteiger partial charge >= 0.3 is 6.03 Å². The molecule has 1 aromatic rings. The van der Waals surface area contributed by atoms with Crippen LogP contribution in [0.1, 0.15) is 18.5 Å². The van der Waals surface area contributed by atoms with Gasteiger partial charge in [0.25, 0.3) is 5.91 Å². The Morgan fingerprint density at radius 2 is 2.07 bits per heavy atom. The molecule has 2 aliphatic rings. The van der Waals surface area contributed by atoms with E-state index in [2.05, 4.69) is 11.9 Å². The number of nitrogens with one attached hydrogen (secondary N) is 1. The number of hydrogen-bond donors (Lipinski definition) is 1. The van der Waals surface area contributed by atoms with Crippen LogP contribution in [0.15, 0.2) is 42.1 Å². The number of nitrogens with zero attached hydrogens (tertiary/aromatic N) is 2. The van der Waals surface area contributed by atoms with Gasteiger partial charge in [0.15, 0.2) is 0 Å². The van der Waals surface area contributed by atoms with Crippen molar-refractivity contribution >= 4 is 11.9 Å². The SMILES string of the molecule is C=CCN1C(=O)N[C@@H](c2cc(OC)ccc2OC)C2=C1CN(OCC)C2=O. The summed E-state index contributed by atoms with van der Waals surface area (Å²) >= 11 is 0. The van der Waals surface area contributed by atoms with Crippen LogP contribution in [-0.2, 0) is 9.63 Å². The maximum Gasteiger partial charge on any atom is 0.322 e. The average Bonchev–Trinajstić information content (AvgIpc) is 3.00. The highest BCUT2D eigenvalue weighted by Crippen LogP contribution is 2.40. The van der Waals surface area contributed by atoms with Gasteiger partial charge in [0.1, 0.15) is 11.5 Å². The first-order valence-corrected chi connectivity index (χ1v) is 8.64. The van der Waals surface area contributed by atoms with Gasteiger partial charge in [-0.2, -0.15) is 0 Å². The first kappa shape index (κ1) is 18.8. The number of carbonyl (C=O) groups is 2. The molecule has 1 aromatic carbocycles. The number of ether oxygens (including phenoxy) is 2. The Balaban J connectivity index is 2.12. The van der Waals surface area contributed by atoms with Crippen molar-refractivity contribution in [2.75, 3.05) is 33.9 Å². The molecule has 0 radical (unpaired) electrons. The Morgan fingerprint density at radius 3 is 2.70 bits per heavy atom. The third-order valence-corrected chi connectivity index (χ3v) is 4.53. The molecular weight excluding hydrogens is 350 g/mol. The lowest BCUT2D eigenvalue weighted by Gasteiger charge is -2.33. The summed E-state index contributed by atoms with van der Waals surface area (Å²) in [6.45, 7) is 6.34. The third-order valence-electron chi connectivity index (χ3n) is 4.53. The van der Waals surface area contributed by atoms with Gasteiger partial charge in [-0.3, -0.25) is 14.5 Å². The van der Waals surface area contributed by atoms with Crippen molar-refractivity contribution < 1.29 is 23.9 Å². The topological polar surface area (TPSA) is 80.3 Å². The minimum absolute atomic E-state index is 0.200. The third kappa shape index (κ3) is 3.23. The number of benzene rings is 1. The largest absolute Gasteiger partial charge is 0.497 e. The molecule has 0 fully saturated rings. The zero-order valence-corrected chi connectivity index (χ0v) is 15.7. The molecule has 3 rings (SSSR count). The van der Waals surface area contributed by atoms with Crippen LogP contribution in [0, 0.1) is 0 Å². The van der Waals surface area contributed by atoms with Gasteiger partial charge in [0, 0.05) is 12.1 Å². The number of rotatable bonds is 7. The molecular formula is C19H23N3O5. The van der Waals surface area contributed by atoms with Gasteiger partial charge in [0.05, 0.1) is 44.7 Å². The van der Waals surface area contributed by atoms with Crippen LogP contribution in [0.3, 0.4) is 0 Å². The second-order valence-corrected chi connectivity index (χ2v) is 6.01. The Morgan fingerprint density at radius 1 is 1.30 bits per heavy atom. The molecule has 1 N–H and O–H groups in total. The number of urea groups is 1. The van der Waals surface area contributed by atoms with Gasteiger partial charge in [-0.05, 0) is 25.1 Å². The second-order valence-electron chi connectivity index (χ2n) is 6.01. The summed E-state index contributed by atoms with van der Waals surface area (Å²) in [7, 11) is 3.09. The zero-order chi connectivity index (χ0) is 19.6. The molecule has 0 unspecified atom stereocenters. The van der Waals surface area contributed by atoms with Crippen LogP contribution in [0.25, 0.3) is 0 Å². The fraction of sp³-hybridized carbons (Fsp3) is 0.368. The maximum absolute atomic E-state index is 13.0. The van der Waals surface area contributed by atoms with Crippen molar-refractivity contribution in [2.45, 2.75) is 13.0 Å². The lowest BCUT2D eigenvalue weighted by molar-refractivity contribution is -0.174. The molecule has 144 valence electrons. The monoisotopic (exact) mass is 373 g/mol. The summed E-state index contributed by atoms with van der Waals surface area (Å²) in [5, 5.41) is 4.18. The fourth-order valence-corrected chi connectivity index (χ4v) is 3.35. The summed E-state index contributed by atoms with van der Waals surface area (Å²) in [6.07, 6.45) is 1.62. The van der Waals surface area contributed by atoms with Gasteiger partial charge < -0.3 is 14.8 Å². The van der Waals surface area contributed by atoms with Crippen LogP contribution in [0.5, 0.6) is 11.5 Å². The molecule has 2 aliphatic heterocycles. The molecule has 1 atom stereocenters. The van der Waals surface area contributed by atoms with Crippen molar-refractivity contribution in [1.82, 2.24) is 15.3 Å². The Hall–Kier alpha value is -3.00. The first-order valence-electron chi connectivity index (χ1n) is 8.64. The number of hydroxylamine groups is 2. The van der Waals surface area contributed by atoms with Crippen LogP contribution < -0.4 is 14.8 Å². The lowest BCUT2D eigenvalue weighted by Crippen LogP contribution is -2.47. The van der Waals surface area contributed by atoms with E-state index in [0.717, 1.165) is 0 Å². The summed E-state index contributed by atoms with van der Waals surface area (Å²) in [6, 6.07) is 4.28. The van der Waals surface area contributed by atoms with E-state index in [1.54, 1.807) is 38.3 Å². The number of carbonyl (C=O) groups excluding carboxylic acids is 2. The fourth-order valence-electron chi connectivity index (χ4n) is 3.35. The number of hydrogen-bond acceptors (Lipinski definition) is 5. The molecule has 0 aromatic heterocycles. The van der Waals surface area contributed by atoms with Crippen molar-refractivity contribution in [2.24, 2.45) is 0 Å². The van der Waals surface area contributed by atoms with Gasteiger partial charge in [-0.1, -0.05) is 6.08 Å². The Bertz CT molecular complexity index is 805. The van der Waals surface area contributed by atoms with Crippen LogP contribution >= 0.6 is 0 Å². The van der Waals surface area contributed by atoms with Crippen LogP contribution in [0.4, 0.5) is 4.79 Å². The lowest BCUT2D eigenvalue weighted by atomic mass is 9.94. The van der Waals surface area contributed by atoms with E-state index in [9.17, 15) is 9.59 Å². The summed E-state index contributed by atoms with van der Waals surface area (Å²) < 4.78 is 10.8. The molecule has 0 aliphatic carbocycles. The van der Waals surface area contributed by atoms with E-state index < -0.39 is 6.04 Å². The van der Waals surface area contributed by atoms with E-state index in [0.29, 0.717) is 41.5 Å². The molecule has 0 saturated carbocycles. The Kier molecular flexibility index (Phi) is 5.36. The molecule has 8 nitrogen and oxygen atoms in total. The highest BCUT2D eigenvalue weighted by Gasteiger charge is 2.45. The maximum atomic E-state index is 13.0. The average molecular weight is 373 g/mol. The van der Waals surface area contributed by atoms with Gasteiger partial charge in [0.2, 0.25) is 0 Å². The van der Waals surface area contributed by atoms with E-state index in [1.807, 2.05) is 0 Å². The standard InChI is InChI=1S/C19H23N3O5/c1-5-9-21-14-11-22(27-6-2)18(23)16(14)17(20-19(21)24)13-10-12(25-3)7-8-15(13)26-4/h5,7-8,10,17H,1,6,9,11H2,2-4H3,(H,20,24)/t17-/m0/s1. The number of methoxy groups -OCH3 is 2. The first-order chi connectivity index (χ1) is 13.0. The van der Waals surface area contributed by atoms with Gasteiger partial charge in [-0.15, -0.1) is 6.58 Å². The van der Waals surface area contributed by atoms with Gasteiger partial charge in [-0.25, -0.2) is 9.86 Å². The second kappa shape index (κ2) is 7.71. The highest BCUT2D eigenvalue weighted by atomic mass is 16.7.